The fraction of sp³-hybridized carbons (Fsp3) is 0.286. The van der Waals surface area contributed by atoms with E-state index in [1.54, 1.807) is 27.0 Å². The number of hydrogen-bond donors (Lipinski definition) is 0. The largest absolute Gasteiger partial charge is 0.572 e. The van der Waals surface area contributed by atoms with Gasteiger partial charge >= 0.3 is 6.16 Å². The molecule has 1 heterocycles. The van der Waals surface area contributed by atoms with Gasteiger partial charge in [-0.1, -0.05) is 12.1 Å². The van der Waals surface area contributed by atoms with Crippen LogP contribution in [0.15, 0.2) is 42.6 Å². The number of carbonyl (C=O) groups excluding carboxylic acids is 1. The number of rotatable bonds is 1. The van der Waals surface area contributed by atoms with Gasteiger partial charge in [0.2, 0.25) is 6.20 Å². The molecule has 0 bridgehead atoms. The van der Waals surface area contributed by atoms with Crippen LogP contribution in [0.5, 0.6) is 0 Å². The molecule has 0 atom stereocenters. The van der Waals surface area contributed by atoms with Crippen molar-refractivity contribution in [2.75, 3.05) is 0 Å². The van der Waals surface area contributed by atoms with E-state index in [1.807, 2.05) is 36.4 Å². The number of carbonyl (C=O) groups is 1. The molecule has 0 aliphatic heterocycles. The summed E-state index contributed by atoms with van der Waals surface area (Å²) in [6, 6.07) is 11.4. The predicted octanol–water partition coefficient (Wildman–Crippen LogP) is 2.49. The van der Waals surface area contributed by atoms with Crippen LogP contribution in [0, 0.1) is 0 Å². The van der Waals surface area contributed by atoms with Crippen molar-refractivity contribution in [1.82, 2.24) is 0 Å². The van der Waals surface area contributed by atoms with E-state index < -0.39 is 11.8 Å². The van der Waals surface area contributed by atoms with Gasteiger partial charge in [-0.05, 0) is 32.9 Å². The maximum atomic E-state index is 11.6. The van der Waals surface area contributed by atoms with Crippen LogP contribution >= 0.6 is 0 Å². The molecule has 0 unspecified atom stereocenters. The van der Waals surface area contributed by atoms with Gasteiger partial charge in [0.25, 0.3) is 5.52 Å². The molecule has 2 aromatic rings. The molecule has 0 amide bonds. The number of para-hydroxylation sites is 1. The number of benzene rings is 1. The number of ether oxygens (including phenoxy) is 1. The molecule has 4 heteroatoms. The molecule has 0 fully saturated rings. The SMILES string of the molecule is CC(C)(C)OC(=O)O[n+]1cccc2ccccc21. The van der Waals surface area contributed by atoms with Crippen LogP contribution < -0.4 is 9.57 Å². The van der Waals surface area contributed by atoms with Crippen LogP contribution in [-0.2, 0) is 4.74 Å². The van der Waals surface area contributed by atoms with Crippen LogP contribution in [0.3, 0.4) is 0 Å². The van der Waals surface area contributed by atoms with Gasteiger partial charge in [0.1, 0.15) is 5.60 Å². The maximum Gasteiger partial charge on any atom is 0.572 e. The van der Waals surface area contributed by atoms with Crippen molar-refractivity contribution < 1.29 is 19.1 Å². The summed E-state index contributed by atoms with van der Waals surface area (Å²) < 4.78 is 6.51. The Morgan fingerprint density at radius 2 is 1.78 bits per heavy atom. The molecule has 0 saturated carbocycles. The number of aromatic nitrogens is 1. The van der Waals surface area contributed by atoms with Crippen molar-refractivity contribution in [3.05, 3.63) is 42.6 Å². The normalized spacial score (nSPS) is 11.3. The number of pyridine rings is 1. The molecule has 0 aliphatic rings. The lowest BCUT2D eigenvalue weighted by molar-refractivity contribution is -0.850. The fourth-order valence-electron chi connectivity index (χ4n) is 1.56. The Morgan fingerprint density at radius 1 is 1.11 bits per heavy atom. The van der Waals surface area contributed by atoms with Crippen molar-refractivity contribution in [3.63, 3.8) is 0 Å². The van der Waals surface area contributed by atoms with Crippen LogP contribution in [0.1, 0.15) is 20.8 Å². The topological polar surface area (TPSA) is 39.4 Å². The molecule has 0 radical (unpaired) electrons. The second kappa shape index (κ2) is 4.64. The van der Waals surface area contributed by atoms with E-state index in [2.05, 4.69) is 0 Å². The van der Waals surface area contributed by atoms with Crippen LogP contribution in [-0.4, -0.2) is 11.8 Å². The molecule has 18 heavy (non-hydrogen) atoms. The highest BCUT2D eigenvalue weighted by atomic mass is 16.8. The Balaban J connectivity index is 2.24. The lowest BCUT2D eigenvalue weighted by Gasteiger charge is -2.16. The lowest BCUT2D eigenvalue weighted by atomic mass is 10.2. The van der Waals surface area contributed by atoms with Crippen molar-refractivity contribution in [3.8, 4) is 0 Å². The Labute approximate surface area is 106 Å². The predicted molar refractivity (Wildman–Crippen MR) is 67.0 cm³/mol. The van der Waals surface area contributed by atoms with Crippen LogP contribution in [0.2, 0.25) is 0 Å². The molecule has 94 valence electrons. The van der Waals surface area contributed by atoms with Crippen molar-refractivity contribution in [2.45, 2.75) is 26.4 Å². The van der Waals surface area contributed by atoms with Crippen molar-refractivity contribution in [2.24, 2.45) is 0 Å². The van der Waals surface area contributed by atoms with Crippen molar-refractivity contribution >= 4 is 17.1 Å². The molecular formula is C14H16NO3+. The highest BCUT2D eigenvalue weighted by Gasteiger charge is 2.22. The molecule has 1 aromatic carbocycles. The summed E-state index contributed by atoms with van der Waals surface area (Å²) in [6.45, 7) is 5.38. The van der Waals surface area contributed by atoms with E-state index in [1.165, 1.54) is 4.73 Å². The number of hydrogen-bond acceptors (Lipinski definition) is 3. The van der Waals surface area contributed by atoms with Crippen LogP contribution in [0.25, 0.3) is 10.9 Å². The molecule has 4 nitrogen and oxygen atoms in total. The third-order valence-electron chi connectivity index (χ3n) is 2.23. The summed E-state index contributed by atoms with van der Waals surface area (Å²) in [4.78, 5) is 16.8. The van der Waals surface area contributed by atoms with Gasteiger partial charge < -0.3 is 4.74 Å². The summed E-state index contributed by atoms with van der Waals surface area (Å²) in [7, 11) is 0. The van der Waals surface area contributed by atoms with E-state index in [9.17, 15) is 4.79 Å². The molecular weight excluding hydrogens is 230 g/mol. The lowest BCUT2D eigenvalue weighted by Crippen LogP contribution is -2.47. The summed E-state index contributed by atoms with van der Waals surface area (Å²) in [6.07, 6.45) is 0.954. The summed E-state index contributed by atoms with van der Waals surface area (Å²) in [5.41, 5.74) is 0.244. The van der Waals surface area contributed by atoms with E-state index >= 15 is 0 Å². The zero-order valence-electron chi connectivity index (χ0n) is 10.7. The van der Waals surface area contributed by atoms with E-state index in [4.69, 9.17) is 9.57 Å². The Hall–Kier alpha value is -2.10. The third kappa shape index (κ3) is 2.97. The molecule has 0 N–H and O–H groups in total. The minimum atomic E-state index is -0.719. The summed E-state index contributed by atoms with van der Waals surface area (Å²) >= 11 is 0. The minimum Gasteiger partial charge on any atom is -0.425 e. The van der Waals surface area contributed by atoms with E-state index in [-0.39, 0.29) is 0 Å². The average molecular weight is 246 g/mol. The van der Waals surface area contributed by atoms with Crippen molar-refractivity contribution in [1.29, 1.82) is 0 Å². The minimum absolute atomic E-state index is 0.567. The molecule has 0 spiro atoms. The first-order valence-corrected chi connectivity index (χ1v) is 5.76. The van der Waals surface area contributed by atoms with Gasteiger partial charge in [-0.3, -0.25) is 0 Å². The second-order valence-electron chi connectivity index (χ2n) is 4.95. The Bertz CT molecular complexity index is 567. The molecule has 0 aliphatic carbocycles. The molecule has 1 aromatic heterocycles. The van der Waals surface area contributed by atoms with Gasteiger partial charge in [0, 0.05) is 16.9 Å². The van der Waals surface area contributed by atoms with Gasteiger partial charge in [-0.2, -0.15) is 4.79 Å². The molecule has 0 saturated heterocycles. The van der Waals surface area contributed by atoms with Gasteiger partial charge in [-0.25, -0.2) is 0 Å². The molecule has 2 rings (SSSR count). The monoisotopic (exact) mass is 246 g/mol. The Morgan fingerprint density at radius 3 is 2.50 bits per heavy atom. The fourth-order valence-corrected chi connectivity index (χ4v) is 1.56. The zero-order valence-corrected chi connectivity index (χ0v) is 10.7. The smallest absolute Gasteiger partial charge is 0.425 e. The first kappa shape index (κ1) is 12.4. The first-order valence-electron chi connectivity index (χ1n) is 5.76. The van der Waals surface area contributed by atoms with E-state index in [0.29, 0.717) is 0 Å². The number of fused-ring (bicyclic) bond motifs is 1. The summed E-state index contributed by atoms with van der Waals surface area (Å²) in [5.74, 6) is 0. The standard InChI is InChI=1S/C14H16NO3/c1-14(2,3)17-13(16)18-15-10-6-8-11-7-4-5-9-12(11)15/h4-10H,1-3H3/q+1. The Kier molecular flexibility index (Phi) is 3.19. The highest BCUT2D eigenvalue weighted by molar-refractivity contribution is 5.75. The van der Waals surface area contributed by atoms with Gasteiger partial charge in [0.15, 0.2) is 0 Å². The van der Waals surface area contributed by atoms with Gasteiger partial charge in [-0.15, -0.1) is 4.84 Å². The highest BCUT2D eigenvalue weighted by Crippen LogP contribution is 2.09. The number of nitrogens with zero attached hydrogens (tertiary/aromatic N) is 1. The summed E-state index contributed by atoms with van der Waals surface area (Å²) in [5, 5.41) is 0.989. The zero-order chi connectivity index (χ0) is 13.2. The maximum absolute atomic E-state index is 11.6. The quantitative estimate of drug-likeness (QED) is 0.573. The van der Waals surface area contributed by atoms with Gasteiger partial charge in [0.05, 0.1) is 5.39 Å². The second-order valence-corrected chi connectivity index (χ2v) is 4.95. The first-order chi connectivity index (χ1) is 8.46. The average Bonchev–Trinajstić information content (AvgIpc) is 2.27. The van der Waals surface area contributed by atoms with Crippen LogP contribution in [0.4, 0.5) is 4.79 Å². The van der Waals surface area contributed by atoms with E-state index in [0.717, 1.165) is 10.9 Å². The third-order valence-corrected chi connectivity index (χ3v) is 2.23.